The second kappa shape index (κ2) is 5.43. The molecule has 0 fully saturated rings. The van der Waals surface area contributed by atoms with Crippen molar-refractivity contribution in [3.63, 3.8) is 0 Å². The van der Waals surface area contributed by atoms with Crippen molar-refractivity contribution in [3.05, 3.63) is 12.2 Å². The summed E-state index contributed by atoms with van der Waals surface area (Å²) in [6.45, 7) is 8.26. The van der Waals surface area contributed by atoms with E-state index >= 15 is 0 Å². The minimum absolute atomic E-state index is 0.292. The van der Waals surface area contributed by atoms with E-state index in [0.717, 1.165) is 25.1 Å². The SMILES string of the molecule is CCCC(O)(CC)Cc1ncnn1C(C)C. The summed E-state index contributed by atoms with van der Waals surface area (Å²) >= 11 is 0. The van der Waals surface area contributed by atoms with E-state index in [1.165, 1.54) is 0 Å². The van der Waals surface area contributed by atoms with Crippen LogP contribution in [0.2, 0.25) is 0 Å². The van der Waals surface area contributed by atoms with Crippen LogP contribution in [0.1, 0.15) is 58.8 Å². The maximum absolute atomic E-state index is 10.4. The van der Waals surface area contributed by atoms with Gasteiger partial charge in [-0.2, -0.15) is 5.10 Å². The summed E-state index contributed by atoms with van der Waals surface area (Å²) < 4.78 is 1.89. The Morgan fingerprint density at radius 3 is 2.62 bits per heavy atom. The van der Waals surface area contributed by atoms with Gasteiger partial charge in [0.05, 0.1) is 5.60 Å². The second-order valence-corrected chi connectivity index (χ2v) is 4.72. The third-order valence-electron chi connectivity index (χ3n) is 3.00. The third kappa shape index (κ3) is 3.04. The smallest absolute Gasteiger partial charge is 0.138 e. The first-order valence-electron chi connectivity index (χ1n) is 6.13. The number of aromatic nitrogens is 3. The van der Waals surface area contributed by atoms with Crippen LogP contribution in [-0.4, -0.2) is 25.5 Å². The third-order valence-corrected chi connectivity index (χ3v) is 3.00. The van der Waals surface area contributed by atoms with Gasteiger partial charge in [0.25, 0.3) is 0 Å². The van der Waals surface area contributed by atoms with Crippen LogP contribution >= 0.6 is 0 Å². The number of hydrogen-bond acceptors (Lipinski definition) is 3. The van der Waals surface area contributed by atoms with Crippen LogP contribution in [-0.2, 0) is 6.42 Å². The molecule has 0 spiro atoms. The Hall–Kier alpha value is -0.900. The Labute approximate surface area is 97.7 Å². The average Bonchev–Trinajstić information content (AvgIpc) is 2.66. The molecule has 0 aliphatic heterocycles. The van der Waals surface area contributed by atoms with Gasteiger partial charge in [0.15, 0.2) is 0 Å². The first-order chi connectivity index (χ1) is 7.52. The van der Waals surface area contributed by atoms with Crippen LogP contribution in [0.3, 0.4) is 0 Å². The number of rotatable bonds is 6. The highest BCUT2D eigenvalue weighted by molar-refractivity contribution is 4.95. The van der Waals surface area contributed by atoms with Gasteiger partial charge in [0.1, 0.15) is 12.2 Å². The van der Waals surface area contributed by atoms with Gasteiger partial charge in [-0.05, 0) is 26.7 Å². The minimum atomic E-state index is -0.631. The van der Waals surface area contributed by atoms with E-state index in [1.807, 2.05) is 11.6 Å². The molecule has 1 rings (SSSR count). The zero-order valence-electron chi connectivity index (χ0n) is 10.8. The lowest BCUT2D eigenvalue weighted by Gasteiger charge is -2.26. The van der Waals surface area contributed by atoms with Crippen LogP contribution in [0.5, 0.6) is 0 Å². The Morgan fingerprint density at radius 2 is 2.12 bits per heavy atom. The molecule has 92 valence electrons. The minimum Gasteiger partial charge on any atom is -0.389 e. The molecule has 4 nitrogen and oxygen atoms in total. The molecule has 1 atom stereocenters. The van der Waals surface area contributed by atoms with E-state index in [2.05, 4.69) is 30.9 Å². The van der Waals surface area contributed by atoms with Crippen molar-refractivity contribution in [2.24, 2.45) is 0 Å². The number of nitrogens with zero attached hydrogens (tertiary/aromatic N) is 3. The molecule has 1 aromatic heterocycles. The molecule has 0 amide bonds. The highest BCUT2D eigenvalue weighted by Gasteiger charge is 2.26. The van der Waals surface area contributed by atoms with Gasteiger partial charge >= 0.3 is 0 Å². The molecular weight excluding hydrogens is 202 g/mol. The quantitative estimate of drug-likeness (QED) is 0.808. The lowest BCUT2D eigenvalue weighted by molar-refractivity contribution is 0.0239. The predicted octanol–water partition coefficient (Wildman–Crippen LogP) is 2.34. The lowest BCUT2D eigenvalue weighted by atomic mass is 9.91. The molecule has 1 aromatic rings. The molecule has 4 heteroatoms. The van der Waals surface area contributed by atoms with Gasteiger partial charge in [-0.25, -0.2) is 9.67 Å². The highest BCUT2D eigenvalue weighted by Crippen LogP contribution is 2.22. The van der Waals surface area contributed by atoms with Crippen LogP contribution in [0.25, 0.3) is 0 Å². The van der Waals surface area contributed by atoms with E-state index in [4.69, 9.17) is 0 Å². The van der Waals surface area contributed by atoms with Crippen molar-refractivity contribution in [1.82, 2.24) is 14.8 Å². The molecular formula is C12H23N3O. The van der Waals surface area contributed by atoms with Crippen LogP contribution < -0.4 is 0 Å². The molecule has 1 unspecified atom stereocenters. The zero-order chi connectivity index (χ0) is 12.2. The molecule has 0 radical (unpaired) electrons. The van der Waals surface area contributed by atoms with Crippen molar-refractivity contribution in [2.45, 2.75) is 65.0 Å². The fourth-order valence-corrected chi connectivity index (χ4v) is 1.98. The molecule has 0 saturated heterocycles. The normalized spacial score (nSPS) is 15.4. The topological polar surface area (TPSA) is 50.9 Å². The maximum atomic E-state index is 10.4. The van der Waals surface area contributed by atoms with Crippen molar-refractivity contribution in [3.8, 4) is 0 Å². The molecule has 1 N–H and O–H groups in total. The standard InChI is InChI=1S/C12H23N3O/c1-5-7-12(16,6-2)8-11-13-9-14-15(11)10(3)4/h9-10,16H,5-8H2,1-4H3. The van der Waals surface area contributed by atoms with Gasteiger partial charge in [0, 0.05) is 12.5 Å². The molecule has 0 saturated carbocycles. The predicted molar refractivity (Wildman–Crippen MR) is 64.3 cm³/mol. The van der Waals surface area contributed by atoms with Crippen molar-refractivity contribution in [2.75, 3.05) is 0 Å². The zero-order valence-corrected chi connectivity index (χ0v) is 10.8. The van der Waals surface area contributed by atoms with Gasteiger partial charge in [0.2, 0.25) is 0 Å². The van der Waals surface area contributed by atoms with E-state index < -0.39 is 5.60 Å². The number of aliphatic hydroxyl groups is 1. The van der Waals surface area contributed by atoms with E-state index in [0.29, 0.717) is 12.5 Å². The highest BCUT2D eigenvalue weighted by atomic mass is 16.3. The largest absolute Gasteiger partial charge is 0.389 e. The second-order valence-electron chi connectivity index (χ2n) is 4.72. The molecule has 0 aliphatic carbocycles. The Morgan fingerprint density at radius 1 is 1.44 bits per heavy atom. The average molecular weight is 225 g/mol. The van der Waals surface area contributed by atoms with Gasteiger partial charge in [-0.1, -0.05) is 20.3 Å². The van der Waals surface area contributed by atoms with Crippen LogP contribution in [0, 0.1) is 0 Å². The summed E-state index contributed by atoms with van der Waals surface area (Å²) in [7, 11) is 0. The lowest BCUT2D eigenvalue weighted by Crippen LogP contribution is -2.32. The molecule has 0 bridgehead atoms. The Bertz CT molecular complexity index is 322. The number of hydrogen-bond donors (Lipinski definition) is 1. The summed E-state index contributed by atoms with van der Waals surface area (Å²) in [6.07, 6.45) is 4.72. The van der Waals surface area contributed by atoms with E-state index in [-0.39, 0.29) is 0 Å². The van der Waals surface area contributed by atoms with E-state index in [1.54, 1.807) is 6.33 Å². The van der Waals surface area contributed by atoms with Crippen molar-refractivity contribution >= 4 is 0 Å². The summed E-state index contributed by atoms with van der Waals surface area (Å²) in [5, 5.41) is 14.6. The monoisotopic (exact) mass is 225 g/mol. The Kier molecular flexibility index (Phi) is 4.47. The van der Waals surface area contributed by atoms with Gasteiger partial charge in [-0.3, -0.25) is 0 Å². The Balaban J connectivity index is 2.81. The van der Waals surface area contributed by atoms with Crippen LogP contribution in [0.15, 0.2) is 6.33 Å². The molecule has 1 heterocycles. The van der Waals surface area contributed by atoms with E-state index in [9.17, 15) is 5.11 Å². The fourth-order valence-electron chi connectivity index (χ4n) is 1.98. The first-order valence-corrected chi connectivity index (χ1v) is 6.13. The van der Waals surface area contributed by atoms with Gasteiger partial charge < -0.3 is 5.11 Å². The summed E-state index contributed by atoms with van der Waals surface area (Å²) in [4.78, 5) is 4.24. The van der Waals surface area contributed by atoms with Crippen LogP contribution in [0.4, 0.5) is 0 Å². The molecule has 0 aliphatic rings. The molecule has 0 aromatic carbocycles. The van der Waals surface area contributed by atoms with Gasteiger partial charge in [-0.15, -0.1) is 0 Å². The summed E-state index contributed by atoms with van der Waals surface area (Å²) in [5.74, 6) is 0.882. The maximum Gasteiger partial charge on any atom is 0.138 e. The summed E-state index contributed by atoms with van der Waals surface area (Å²) in [5.41, 5.74) is -0.631. The van der Waals surface area contributed by atoms with Crippen molar-refractivity contribution in [1.29, 1.82) is 0 Å². The van der Waals surface area contributed by atoms with Crippen molar-refractivity contribution < 1.29 is 5.11 Å². The molecule has 16 heavy (non-hydrogen) atoms. The fraction of sp³-hybridized carbons (Fsp3) is 0.833. The summed E-state index contributed by atoms with van der Waals surface area (Å²) in [6, 6.07) is 0.292. The first kappa shape index (κ1) is 13.2.